The van der Waals surface area contributed by atoms with Gasteiger partial charge in [0.1, 0.15) is 0 Å². The number of aliphatic carboxylic acids is 1. The summed E-state index contributed by atoms with van der Waals surface area (Å²) < 4.78 is 0. The van der Waals surface area contributed by atoms with Crippen molar-refractivity contribution in [2.45, 2.75) is 25.8 Å². The number of hydrogen-bond donors (Lipinski definition) is 1. The van der Waals surface area contributed by atoms with Gasteiger partial charge in [0.25, 0.3) is 0 Å². The third-order valence-corrected chi connectivity index (χ3v) is 4.24. The SMILES string of the molecule is O=C(O)CC1CCN(Cc2ccc3ncccc3c2)CC1. The van der Waals surface area contributed by atoms with Crippen LogP contribution in [-0.4, -0.2) is 34.0 Å². The molecular formula is C17H20N2O2. The van der Waals surface area contributed by atoms with Crippen molar-refractivity contribution < 1.29 is 9.90 Å². The summed E-state index contributed by atoms with van der Waals surface area (Å²) in [6.45, 7) is 2.91. The van der Waals surface area contributed by atoms with Gasteiger partial charge in [-0.15, -0.1) is 0 Å². The molecule has 4 heteroatoms. The third-order valence-electron chi connectivity index (χ3n) is 4.24. The van der Waals surface area contributed by atoms with Crippen molar-refractivity contribution in [2.24, 2.45) is 5.92 Å². The van der Waals surface area contributed by atoms with E-state index in [1.807, 2.05) is 12.3 Å². The number of likely N-dealkylation sites (tertiary alicyclic amines) is 1. The van der Waals surface area contributed by atoms with Crippen LogP contribution in [0, 0.1) is 5.92 Å². The number of aromatic nitrogens is 1. The first-order valence-electron chi connectivity index (χ1n) is 7.48. The van der Waals surface area contributed by atoms with Crippen LogP contribution >= 0.6 is 0 Å². The molecule has 0 unspecified atom stereocenters. The summed E-state index contributed by atoms with van der Waals surface area (Å²) in [7, 11) is 0. The summed E-state index contributed by atoms with van der Waals surface area (Å²) in [6, 6.07) is 10.5. The maximum Gasteiger partial charge on any atom is 0.303 e. The number of nitrogens with zero attached hydrogens (tertiary/aromatic N) is 2. The van der Waals surface area contributed by atoms with Gasteiger partial charge >= 0.3 is 5.97 Å². The fourth-order valence-electron chi connectivity index (χ4n) is 3.08. The van der Waals surface area contributed by atoms with Crippen LogP contribution in [0.15, 0.2) is 36.5 Å². The van der Waals surface area contributed by atoms with Crippen molar-refractivity contribution in [3.63, 3.8) is 0 Å². The van der Waals surface area contributed by atoms with Gasteiger partial charge in [0, 0.05) is 24.5 Å². The van der Waals surface area contributed by atoms with E-state index in [2.05, 4.69) is 34.1 Å². The van der Waals surface area contributed by atoms with E-state index < -0.39 is 5.97 Å². The summed E-state index contributed by atoms with van der Waals surface area (Å²) in [6.07, 6.45) is 4.10. The fraction of sp³-hybridized carbons (Fsp3) is 0.412. The van der Waals surface area contributed by atoms with Gasteiger partial charge in [0.15, 0.2) is 0 Å². The summed E-state index contributed by atoms with van der Waals surface area (Å²) in [5.74, 6) is -0.324. The lowest BCUT2D eigenvalue weighted by atomic mass is 9.93. The van der Waals surface area contributed by atoms with E-state index in [1.54, 1.807) is 0 Å². The quantitative estimate of drug-likeness (QED) is 0.938. The zero-order chi connectivity index (χ0) is 14.7. The monoisotopic (exact) mass is 284 g/mol. The minimum Gasteiger partial charge on any atom is -0.481 e. The zero-order valence-corrected chi connectivity index (χ0v) is 12.0. The molecule has 1 N–H and O–H groups in total. The molecule has 2 heterocycles. The van der Waals surface area contributed by atoms with Crippen LogP contribution in [-0.2, 0) is 11.3 Å². The van der Waals surface area contributed by atoms with E-state index in [-0.39, 0.29) is 0 Å². The van der Waals surface area contributed by atoms with Crippen molar-refractivity contribution in [3.05, 3.63) is 42.1 Å². The van der Waals surface area contributed by atoms with Gasteiger partial charge < -0.3 is 5.11 Å². The van der Waals surface area contributed by atoms with Gasteiger partial charge in [-0.05, 0) is 55.6 Å². The number of rotatable bonds is 4. The molecule has 0 spiro atoms. The standard InChI is InChI=1S/C17H20N2O2/c20-17(21)11-13-5-8-19(9-6-13)12-14-3-4-16-15(10-14)2-1-7-18-16/h1-4,7,10,13H,5-6,8-9,11-12H2,(H,20,21). The van der Waals surface area contributed by atoms with Crippen LogP contribution in [0.25, 0.3) is 10.9 Å². The lowest BCUT2D eigenvalue weighted by molar-refractivity contribution is -0.138. The van der Waals surface area contributed by atoms with Gasteiger partial charge in [-0.2, -0.15) is 0 Å². The Hall–Kier alpha value is -1.94. The molecule has 4 nitrogen and oxygen atoms in total. The first kappa shape index (κ1) is 14.0. The van der Waals surface area contributed by atoms with Crippen molar-refractivity contribution in [1.82, 2.24) is 9.88 Å². The second kappa shape index (κ2) is 6.22. The van der Waals surface area contributed by atoms with E-state index in [0.29, 0.717) is 12.3 Å². The number of pyridine rings is 1. The molecule has 0 radical (unpaired) electrons. The Kier molecular flexibility index (Phi) is 4.15. The average Bonchev–Trinajstić information content (AvgIpc) is 2.49. The third kappa shape index (κ3) is 3.58. The lowest BCUT2D eigenvalue weighted by Gasteiger charge is -2.31. The molecule has 0 aliphatic carbocycles. The van der Waals surface area contributed by atoms with Crippen molar-refractivity contribution in [2.75, 3.05) is 13.1 Å². The Bertz CT molecular complexity index is 633. The van der Waals surface area contributed by atoms with Crippen molar-refractivity contribution >= 4 is 16.9 Å². The van der Waals surface area contributed by atoms with Gasteiger partial charge in [0.2, 0.25) is 0 Å². The first-order valence-corrected chi connectivity index (χ1v) is 7.48. The van der Waals surface area contributed by atoms with Crippen LogP contribution in [0.3, 0.4) is 0 Å². The van der Waals surface area contributed by atoms with Gasteiger partial charge in [-0.25, -0.2) is 0 Å². The minimum absolute atomic E-state index is 0.315. The topological polar surface area (TPSA) is 53.4 Å². The molecule has 21 heavy (non-hydrogen) atoms. The highest BCUT2D eigenvalue weighted by molar-refractivity contribution is 5.78. The average molecular weight is 284 g/mol. The minimum atomic E-state index is -0.671. The molecule has 0 saturated carbocycles. The highest BCUT2D eigenvalue weighted by Crippen LogP contribution is 2.22. The normalized spacial score (nSPS) is 17.1. The van der Waals surface area contributed by atoms with Gasteiger partial charge in [-0.3, -0.25) is 14.7 Å². The number of benzene rings is 1. The second-order valence-corrected chi connectivity index (χ2v) is 5.85. The van der Waals surface area contributed by atoms with Gasteiger partial charge in [-0.1, -0.05) is 12.1 Å². The molecule has 3 rings (SSSR count). The summed E-state index contributed by atoms with van der Waals surface area (Å²) >= 11 is 0. The number of hydrogen-bond acceptors (Lipinski definition) is 3. The second-order valence-electron chi connectivity index (χ2n) is 5.85. The summed E-state index contributed by atoms with van der Waals surface area (Å²) in [5.41, 5.74) is 2.33. The maximum absolute atomic E-state index is 10.7. The van der Waals surface area contributed by atoms with Crippen LogP contribution in [0.5, 0.6) is 0 Å². The van der Waals surface area contributed by atoms with E-state index >= 15 is 0 Å². The lowest BCUT2D eigenvalue weighted by Crippen LogP contribution is -2.33. The Morgan fingerprint density at radius 3 is 2.86 bits per heavy atom. The fourth-order valence-corrected chi connectivity index (χ4v) is 3.08. The predicted octanol–water partition coefficient (Wildman–Crippen LogP) is 2.92. The van der Waals surface area contributed by atoms with E-state index in [9.17, 15) is 4.79 Å². The van der Waals surface area contributed by atoms with Gasteiger partial charge in [0.05, 0.1) is 5.52 Å². The highest BCUT2D eigenvalue weighted by Gasteiger charge is 2.21. The first-order chi connectivity index (χ1) is 10.2. The van der Waals surface area contributed by atoms with Crippen LogP contribution in [0.4, 0.5) is 0 Å². The zero-order valence-electron chi connectivity index (χ0n) is 12.0. The number of carbonyl (C=O) groups is 1. The number of carboxylic acids is 1. The summed E-state index contributed by atoms with van der Waals surface area (Å²) in [4.78, 5) is 17.5. The predicted molar refractivity (Wildman–Crippen MR) is 82.0 cm³/mol. The van der Waals surface area contributed by atoms with Crippen LogP contribution < -0.4 is 0 Å². The molecule has 1 aliphatic rings. The van der Waals surface area contributed by atoms with E-state index in [4.69, 9.17) is 5.11 Å². The molecule has 1 fully saturated rings. The molecule has 2 aromatic rings. The Morgan fingerprint density at radius 1 is 1.29 bits per heavy atom. The molecular weight excluding hydrogens is 264 g/mol. The van der Waals surface area contributed by atoms with Crippen LogP contribution in [0.2, 0.25) is 0 Å². The number of carboxylic acid groups (broad SMARTS) is 1. The maximum atomic E-state index is 10.7. The molecule has 1 saturated heterocycles. The molecule has 1 aromatic carbocycles. The van der Waals surface area contributed by atoms with E-state index in [0.717, 1.165) is 38.0 Å². The number of piperidine rings is 1. The smallest absolute Gasteiger partial charge is 0.303 e. The summed E-state index contributed by atoms with van der Waals surface area (Å²) in [5, 5.41) is 10.0. The molecule has 1 aliphatic heterocycles. The Balaban J connectivity index is 1.60. The van der Waals surface area contributed by atoms with Crippen LogP contribution in [0.1, 0.15) is 24.8 Å². The van der Waals surface area contributed by atoms with Crippen molar-refractivity contribution in [1.29, 1.82) is 0 Å². The Labute approximate surface area is 124 Å². The molecule has 0 atom stereocenters. The van der Waals surface area contributed by atoms with Crippen molar-refractivity contribution in [3.8, 4) is 0 Å². The molecule has 0 amide bonds. The number of fused-ring (bicyclic) bond motifs is 1. The molecule has 1 aromatic heterocycles. The highest BCUT2D eigenvalue weighted by atomic mass is 16.4. The Morgan fingerprint density at radius 2 is 2.10 bits per heavy atom. The van der Waals surface area contributed by atoms with E-state index in [1.165, 1.54) is 10.9 Å². The molecule has 110 valence electrons. The molecule has 0 bridgehead atoms. The largest absolute Gasteiger partial charge is 0.481 e.